The Kier molecular flexibility index (Phi) is 5.52. The third-order valence-corrected chi connectivity index (χ3v) is 3.91. The molecule has 26 heavy (non-hydrogen) atoms. The van der Waals surface area contributed by atoms with E-state index in [2.05, 4.69) is 10.6 Å². The van der Waals surface area contributed by atoms with Gasteiger partial charge in [0.05, 0.1) is 4.92 Å². The molecule has 1 aliphatic rings. The molecule has 0 radical (unpaired) electrons. The second-order valence-electron chi connectivity index (χ2n) is 5.80. The molecule has 2 aromatic carbocycles. The van der Waals surface area contributed by atoms with Crippen LogP contribution in [-0.4, -0.2) is 24.2 Å². The summed E-state index contributed by atoms with van der Waals surface area (Å²) < 4.78 is 10.6. The molecule has 8 nitrogen and oxygen atoms in total. The molecule has 0 spiro atoms. The van der Waals surface area contributed by atoms with Crippen LogP contribution in [0.1, 0.15) is 18.4 Å². The molecule has 0 saturated heterocycles. The van der Waals surface area contributed by atoms with Gasteiger partial charge in [0, 0.05) is 37.3 Å². The lowest BCUT2D eigenvalue weighted by molar-refractivity contribution is -0.384. The van der Waals surface area contributed by atoms with Gasteiger partial charge < -0.3 is 20.1 Å². The zero-order chi connectivity index (χ0) is 18.4. The topological polar surface area (TPSA) is 103 Å². The number of nitrogens with zero attached hydrogens (tertiary/aromatic N) is 1. The number of rotatable bonds is 8. The largest absolute Gasteiger partial charge is 0.454 e. The Labute approximate surface area is 150 Å². The number of ether oxygens (including phenoxy) is 2. The van der Waals surface area contributed by atoms with Gasteiger partial charge in [-0.15, -0.1) is 0 Å². The number of hydrogen-bond donors (Lipinski definition) is 2. The molecular formula is C18H19N3O5. The van der Waals surface area contributed by atoms with Crippen molar-refractivity contribution in [1.29, 1.82) is 0 Å². The van der Waals surface area contributed by atoms with Crippen LogP contribution in [0.4, 0.5) is 11.4 Å². The number of benzene rings is 2. The van der Waals surface area contributed by atoms with E-state index in [0.717, 1.165) is 17.0 Å². The highest BCUT2D eigenvalue weighted by molar-refractivity contribution is 5.75. The molecule has 1 aliphatic heterocycles. The Balaban J connectivity index is 1.34. The van der Waals surface area contributed by atoms with Crippen molar-refractivity contribution in [2.75, 3.05) is 18.7 Å². The minimum Gasteiger partial charge on any atom is -0.454 e. The highest BCUT2D eigenvalue weighted by Gasteiger charge is 2.13. The summed E-state index contributed by atoms with van der Waals surface area (Å²) >= 11 is 0. The van der Waals surface area contributed by atoms with Crippen LogP contribution in [0.5, 0.6) is 11.5 Å². The van der Waals surface area contributed by atoms with Gasteiger partial charge in [0.25, 0.3) is 5.69 Å². The van der Waals surface area contributed by atoms with Crippen LogP contribution < -0.4 is 20.1 Å². The van der Waals surface area contributed by atoms with E-state index in [-0.39, 0.29) is 18.4 Å². The maximum Gasteiger partial charge on any atom is 0.269 e. The first kappa shape index (κ1) is 17.5. The van der Waals surface area contributed by atoms with Crippen LogP contribution in [0, 0.1) is 10.1 Å². The van der Waals surface area contributed by atoms with Gasteiger partial charge in [0.15, 0.2) is 11.5 Å². The van der Waals surface area contributed by atoms with Gasteiger partial charge >= 0.3 is 0 Å². The number of carbonyl (C=O) groups excluding carboxylic acids is 1. The molecule has 0 atom stereocenters. The number of nitro groups is 1. The molecular weight excluding hydrogens is 338 g/mol. The highest BCUT2D eigenvalue weighted by atomic mass is 16.7. The van der Waals surface area contributed by atoms with Gasteiger partial charge in [-0.1, -0.05) is 6.07 Å². The maximum absolute atomic E-state index is 11.9. The first-order valence-electron chi connectivity index (χ1n) is 8.25. The summed E-state index contributed by atoms with van der Waals surface area (Å²) in [7, 11) is 0. The van der Waals surface area contributed by atoms with Gasteiger partial charge in [0.2, 0.25) is 12.7 Å². The first-order valence-corrected chi connectivity index (χ1v) is 8.25. The van der Waals surface area contributed by atoms with E-state index >= 15 is 0 Å². The number of amides is 1. The fraction of sp³-hybridized carbons (Fsp3) is 0.278. The van der Waals surface area contributed by atoms with Gasteiger partial charge in [-0.2, -0.15) is 0 Å². The zero-order valence-corrected chi connectivity index (χ0v) is 14.1. The van der Waals surface area contributed by atoms with Gasteiger partial charge in [-0.25, -0.2) is 0 Å². The van der Waals surface area contributed by atoms with Crippen molar-refractivity contribution in [3.8, 4) is 11.5 Å². The molecule has 0 saturated carbocycles. The quantitative estimate of drug-likeness (QED) is 0.428. The Hall–Kier alpha value is -3.29. The van der Waals surface area contributed by atoms with E-state index in [1.165, 1.54) is 12.1 Å². The van der Waals surface area contributed by atoms with Crippen molar-refractivity contribution < 1.29 is 19.2 Å². The van der Waals surface area contributed by atoms with Crippen LogP contribution in [0.15, 0.2) is 42.5 Å². The van der Waals surface area contributed by atoms with Gasteiger partial charge in [0.1, 0.15) is 0 Å². The van der Waals surface area contributed by atoms with E-state index in [0.29, 0.717) is 31.7 Å². The lowest BCUT2D eigenvalue weighted by Gasteiger charge is -2.08. The molecule has 2 aromatic rings. The number of fused-ring (bicyclic) bond motifs is 1. The summed E-state index contributed by atoms with van der Waals surface area (Å²) in [5.74, 6) is 1.38. The predicted octanol–water partition coefficient (Wildman–Crippen LogP) is 2.83. The monoisotopic (exact) mass is 357 g/mol. The van der Waals surface area contributed by atoms with Crippen LogP contribution in [-0.2, 0) is 11.3 Å². The van der Waals surface area contributed by atoms with Gasteiger partial charge in [-0.05, 0) is 36.2 Å². The summed E-state index contributed by atoms with van der Waals surface area (Å²) in [6.45, 7) is 1.27. The predicted molar refractivity (Wildman–Crippen MR) is 95.2 cm³/mol. The van der Waals surface area contributed by atoms with Crippen LogP contribution in [0.25, 0.3) is 0 Å². The third kappa shape index (κ3) is 4.62. The van der Waals surface area contributed by atoms with Crippen LogP contribution >= 0.6 is 0 Å². The summed E-state index contributed by atoms with van der Waals surface area (Å²) in [4.78, 5) is 22.1. The van der Waals surface area contributed by atoms with Crippen LogP contribution in [0.2, 0.25) is 0 Å². The molecule has 8 heteroatoms. The molecule has 0 fully saturated rings. The summed E-state index contributed by atoms with van der Waals surface area (Å²) in [6, 6.07) is 11.8. The number of nitro benzene ring substituents is 1. The Morgan fingerprint density at radius 3 is 2.65 bits per heavy atom. The second kappa shape index (κ2) is 8.19. The van der Waals surface area contributed by atoms with Crippen molar-refractivity contribution >= 4 is 17.3 Å². The standard InChI is InChI=1S/C18H19N3O5/c22-18(20-11-13-3-8-16-17(10-13)26-12-25-16)2-1-9-19-14-4-6-15(7-5-14)21(23)24/h3-8,10,19H,1-2,9,11-12H2,(H,20,22). The molecule has 0 aromatic heterocycles. The normalized spacial score (nSPS) is 11.8. The first-order chi connectivity index (χ1) is 12.6. The molecule has 0 unspecified atom stereocenters. The molecule has 1 heterocycles. The van der Waals surface area contributed by atoms with E-state index in [9.17, 15) is 14.9 Å². The smallest absolute Gasteiger partial charge is 0.269 e. The van der Waals surface area contributed by atoms with E-state index in [4.69, 9.17) is 9.47 Å². The number of nitrogens with one attached hydrogen (secondary N) is 2. The summed E-state index contributed by atoms with van der Waals surface area (Å²) in [5, 5.41) is 16.6. The minimum atomic E-state index is -0.436. The third-order valence-electron chi connectivity index (χ3n) is 3.91. The highest BCUT2D eigenvalue weighted by Crippen LogP contribution is 2.32. The summed E-state index contributed by atoms with van der Waals surface area (Å²) in [6.07, 6.45) is 1.05. The fourth-order valence-corrected chi connectivity index (χ4v) is 2.52. The molecule has 2 N–H and O–H groups in total. The Morgan fingerprint density at radius 2 is 1.88 bits per heavy atom. The second-order valence-corrected chi connectivity index (χ2v) is 5.80. The zero-order valence-electron chi connectivity index (χ0n) is 14.1. The number of hydrogen-bond acceptors (Lipinski definition) is 6. The van der Waals surface area contributed by atoms with Crippen LogP contribution in [0.3, 0.4) is 0 Å². The lowest BCUT2D eigenvalue weighted by atomic mass is 10.2. The molecule has 0 bridgehead atoms. The molecule has 0 aliphatic carbocycles. The minimum absolute atomic E-state index is 0.0341. The van der Waals surface area contributed by atoms with Crippen molar-refractivity contribution in [3.05, 3.63) is 58.1 Å². The SMILES string of the molecule is O=C(CCCNc1ccc([N+](=O)[O-])cc1)NCc1ccc2c(c1)OCO2. The molecule has 3 rings (SSSR count). The van der Waals surface area contributed by atoms with Crippen molar-refractivity contribution in [2.45, 2.75) is 19.4 Å². The van der Waals surface area contributed by atoms with E-state index in [1.807, 2.05) is 18.2 Å². The fourth-order valence-electron chi connectivity index (χ4n) is 2.52. The Bertz CT molecular complexity index is 792. The molecule has 1 amide bonds. The number of non-ortho nitro benzene ring substituents is 1. The van der Waals surface area contributed by atoms with E-state index < -0.39 is 4.92 Å². The maximum atomic E-state index is 11.9. The number of anilines is 1. The van der Waals surface area contributed by atoms with Crippen molar-refractivity contribution in [2.24, 2.45) is 0 Å². The summed E-state index contributed by atoms with van der Waals surface area (Å²) in [5.41, 5.74) is 1.79. The average Bonchev–Trinajstić information content (AvgIpc) is 3.11. The van der Waals surface area contributed by atoms with Crippen molar-refractivity contribution in [3.63, 3.8) is 0 Å². The lowest BCUT2D eigenvalue weighted by Crippen LogP contribution is -2.23. The van der Waals surface area contributed by atoms with Gasteiger partial charge in [-0.3, -0.25) is 14.9 Å². The molecule has 136 valence electrons. The number of carbonyl (C=O) groups is 1. The Morgan fingerprint density at radius 1 is 1.12 bits per heavy atom. The van der Waals surface area contributed by atoms with Crippen molar-refractivity contribution in [1.82, 2.24) is 5.32 Å². The average molecular weight is 357 g/mol. The van der Waals surface area contributed by atoms with E-state index in [1.54, 1.807) is 12.1 Å².